The summed E-state index contributed by atoms with van der Waals surface area (Å²) in [5, 5.41) is 3.47. The lowest BCUT2D eigenvalue weighted by atomic mass is 10.1. The van der Waals surface area contributed by atoms with Crippen molar-refractivity contribution in [2.75, 3.05) is 33.5 Å². The summed E-state index contributed by atoms with van der Waals surface area (Å²) in [7, 11) is 1.68. The van der Waals surface area contributed by atoms with Crippen LogP contribution in [0.4, 0.5) is 4.39 Å². The molecule has 0 fully saturated rings. The molecule has 0 heterocycles. The van der Waals surface area contributed by atoms with Crippen molar-refractivity contribution in [3.8, 4) is 0 Å². The molecule has 0 aliphatic carbocycles. The fourth-order valence-electron chi connectivity index (χ4n) is 1.97. The van der Waals surface area contributed by atoms with Gasteiger partial charge in [-0.2, -0.15) is 0 Å². The van der Waals surface area contributed by atoms with Gasteiger partial charge in [-0.25, -0.2) is 4.39 Å². The molecule has 0 aromatic heterocycles. The van der Waals surface area contributed by atoms with Crippen molar-refractivity contribution in [3.63, 3.8) is 0 Å². The number of benzene rings is 1. The molecule has 114 valence electrons. The Hall–Kier alpha value is -0.970. The van der Waals surface area contributed by atoms with Crippen molar-refractivity contribution < 1.29 is 13.9 Å². The van der Waals surface area contributed by atoms with Gasteiger partial charge in [0.15, 0.2) is 0 Å². The molecule has 1 unspecified atom stereocenters. The van der Waals surface area contributed by atoms with E-state index in [2.05, 4.69) is 12.2 Å². The monoisotopic (exact) mass is 283 g/mol. The molecule has 0 aliphatic rings. The molecule has 0 saturated carbocycles. The number of ether oxygens (including phenoxy) is 2. The van der Waals surface area contributed by atoms with Crippen LogP contribution in [0, 0.1) is 5.82 Å². The summed E-state index contributed by atoms with van der Waals surface area (Å²) in [4.78, 5) is 0. The summed E-state index contributed by atoms with van der Waals surface area (Å²) in [5.74, 6) is -0.178. The van der Waals surface area contributed by atoms with Crippen molar-refractivity contribution in [3.05, 3.63) is 35.6 Å². The normalized spacial score (nSPS) is 12.6. The maximum atomic E-state index is 12.8. The second kappa shape index (κ2) is 10.8. The van der Waals surface area contributed by atoms with Crippen molar-refractivity contribution in [2.24, 2.45) is 0 Å². The average molecular weight is 283 g/mol. The lowest BCUT2D eigenvalue weighted by Gasteiger charge is -2.14. The van der Waals surface area contributed by atoms with Crippen LogP contribution in [0.25, 0.3) is 0 Å². The highest BCUT2D eigenvalue weighted by Gasteiger charge is 2.02. The van der Waals surface area contributed by atoms with Gasteiger partial charge >= 0.3 is 0 Å². The third-order valence-electron chi connectivity index (χ3n) is 3.10. The Morgan fingerprint density at radius 3 is 2.55 bits per heavy atom. The van der Waals surface area contributed by atoms with Gasteiger partial charge in [0.1, 0.15) is 5.82 Å². The van der Waals surface area contributed by atoms with E-state index in [1.54, 1.807) is 7.11 Å². The molecule has 1 aromatic carbocycles. The molecule has 1 N–H and O–H groups in total. The van der Waals surface area contributed by atoms with Crippen molar-refractivity contribution in [1.82, 2.24) is 5.32 Å². The topological polar surface area (TPSA) is 30.5 Å². The second-order valence-electron chi connectivity index (χ2n) is 5.00. The zero-order chi connectivity index (χ0) is 14.6. The third kappa shape index (κ3) is 8.25. The number of rotatable bonds is 11. The maximum absolute atomic E-state index is 12.8. The molecular formula is C16H26FNO2. The Balaban J connectivity index is 2.00. The van der Waals surface area contributed by atoms with Crippen molar-refractivity contribution >= 4 is 0 Å². The number of unbranched alkanes of at least 4 members (excludes halogenated alkanes) is 1. The van der Waals surface area contributed by atoms with Gasteiger partial charge in [0.25, 0.3) is 0 Å². The standard InChI is InChI=1S/C16H26FNO2/c1-14(13-15-5-7-16(17)8-6-15)18-9-3-4-10-20-12-11-19-2/h5-8,14,18H,3-4,9-13H2,1-2H3. The fraction of sp³-hybridized carbons (Fsp3) is 0.625. The lowest BCUT2D eigenvalue weighted by Crippen LogP contribution is -2.29. The number of halogens is 1. The van der Waals surface area contributed by atoms with Crippen LogP contribution in [0.5, 0.6) is 0 Å². The van der Waals surface area contributed by atoms with Crippen molar-refractivity contribution in [1.29, 1.82) is 0 Å². The van der Waals surface area contributed by atoms with Gasteiger partial charge in [0, 0.05) is 19.8 Å². The molecule has 0 radical (unpaired) electrons. The number of nitrogens with one attached hydrogen (secondary N) is 1. The molecule has 0 amide bonds. The van der Waals surface area contributed by atoms with Crippen LogP contribution in [0.2, 0.25) is 0 Å². The molecule has 1 rings (SSSR count). The quantitative estimate of drug-likeness (QED) is 0.633. The van der Waals surface area contributed by atoms with Crippen LogP contribution < -0.4 is 5.32 Å². The summed E-state index contributed by atoms with van der Waals surface area (Å²) in [6.45, 7) is 5.25. The Kier molecular flexibility index (Phi) is 9.20. The molecule has 4 heteroatoms. The van der Waals surface area contributed by atoms with E-state index in [-0.39, 0.29) is 5.82 Å². The first-order valence-electron chi connectivity index (χ1n) is 7.27. The molecule has 1 atom stereocenters. The van der Waals surface area contributed by atoms with Gasteiger partial charge in [0.2, 0.25) is 0 Å². The molecule has 1 aromatic rings. The first-order valence-corrected chi connectivity index (χ1v) is 7.27. The Labute approximate surface area is 121 Å². The van der Waals surface area contributed by atoms with Gasteiger partial charge < -0.3 is 14.8 Å². The summed E-state index contributed by atoms with van der Waals surface area (Å²) in [5.41, 5.74) is 1.16. The van der Waals surface area contributed by atoms with Crippen LogP contribution in [0.3, 0.4) is 0 Å². The maximum Gasteiger partial charge on any atom is 0.123 e. The number of hydrogen-bond acceptors (Lipinski definition) is 3. The van der Waals surface area contributed by atoms with E-state index in [9.17, 15) is 4.39 Å². The molecule has 0 spiro atoms. The smallest absolute Gasteiger partial charge is 0.123 e. The van der Waals surface area contributed by atoms with E-state index >= 15 is 0 Å². The van der Waals surface area contributed by atoms with Gasteiger partial charge in [-0.15, -0.1) is 0 Å². The largest absolute Gasteiger partial charge is 0.382 e. The lowest BCUT2D eigenvalue weighted by molar-refractivity contribution is 0.0687. The van der Waals surface area contributed by atoms with Gasteiger partial charge in [0.05, 0.1) is 13.2 Å². The second-order valence-corrected chi connectivity index (χ2v) is 5.00. The molecule has 0 bridgehead atoms. The molecule has 3 nitrogen and oxygen atoms in total. The number of methoxy groups -OCH3 is 1. The Morgan fingerprint density at radius 2 is 1.85 bits per heavy atom. The van der Waals surface area contributed by atoms with E-state index in [1.165, 1.54) is 12.1 Å². The minimum atomic E-state index is -0.178. The highest BCUT2D eigenvalue weighted by molar-refractivity contribution is 5.16. The predicted octanol–water partition coefficient (Wildman–Crippen LogP) is 2.79. The van der Waals surface area contributed by atoms with Crippen LogP contribution in [0.1, 0.15) is 25.3 Å². The first-order chi connectivity index (χ1) is 9.72. The summed E-state index contributed by atoms with van der Waals surface area (Å²) < 4.78 is 23.1. The third-order valence-corrected chi connectivity index (χ3v) is 3.10. The summed E-state index contributed by atoms with van der Waals surface area (Å²) in [6.07, 6.45) is 3.07. The van der Waals surface area contributed by atoms with Gasteiger partial charge in [-0.05, 0) is 50.4 Å². The molecular weight excluding hydrogens is 257 g/mol. The minimum Gasteiger partial charge on any atom is -0.382 e. The number of hydrogen-bond donors (Lipinski definition) is 1. The molecule has 20 heavy (non-hydrogen) atoms. The van der Waals surface area contributed by atoms with Crippen molar-refractivity contribution in [2.45, 2.75) is 32.2 Å². The van der Waals surface area contributed by atoms with Crippen LogP contribution in [-0.2, 0) is 15.9 Å². The van der Waals surface area contributed by atoms with Gasteiger partial charge in [-0.1, -0.05) is 12.1 Å². The first kappa shape index (κ1) is 17.1. The Morgan fingerprint density at radius 1 is 1.10 bits per heavy atom. The van der Waals surface area contributed by atoms with Gasteiger partial charge in [-0.3, -0.25) is 0 Å². The van der Waals surface area contributed by atoms with E-state index in [0.29, 0.717) is 19.3 Å². The minimum absolute atomic E-state index is 0.178. The highest BCUT2D eigenvalue weighted by Crippen LogP contribution is 2.05. The summed E-state index contributed by atoms with van der Waals surface area (Å²) in [6, 6.07) is 7.11. The zero-order valence-electron chi connectivity index (χ0n) is 12.5. The van der Waals surface area contributed by atoms with Crippen LogP contribution in [0.15, 0.2) is 24.3 Å². The average Bonchev–Trinajstić information content (AvgIpc) is 2.44. The zero-order valence-corrected chi connectivity index (χ0v) is 12.5. The Bertz CT molecular complexity index is 343. The van der Waals surface area contributed by atoms with Crippen LogP contribution in [-0.4, -0.2) is 39.5 Å². The predicted molar refractivity (Wildman–Crippen MR) is 79.5 cm³/mol. The van der Waals surface area contributed by atoms with E-state index in [0.717, 1.165) is 38.0 Å². The summed E-state index contributed by atoms with van der Waals surface area (Å²) >= 11 is 0. The highest BCUT2D eigenvalue weighted by atomic mass is 19.1. The van der Waals surface area contributed by atoms with E-state index < -0.39 is 0 Å². The SMILES string of the molecule is COCCOCCCCNC(C)Cc1ccc(F)cc1. The molecule has 0 saturated heterocycles. The van der Waals surface area contributed by atoms with E-state index in [1.807, 2.05) is 12.1 Å². The molecule has 0 aliphatic heterocycles. The van der Waals surface area contributed by atoms with E-state index in [4.69, 9.17) is 9.47 Å². The fourth-order valence-corrected chi connectivity index (χ4v) is 1.97. The van der Waals surface area contributed by atoms with Crippen LogP contribution >= 0.6 is 0 Å².